The van der Waals surface area contributed by atoms with Crippen LogP contribution in [0.4, 0.5) is 18.9 Å². The lowest BCUT2D eigenvalue weighted by molar-refractivity contribution is -0.137. The van der Waals surface area contributed by atoms with Crippen LogP contribution in [0.1, 0.15) is 35.7 Å². The maximum atomic E-state index is 13.3. The molecular weight excluding hydrogens is 439 g/mol. The van der Waals surface area contributed by atoms with Crippen LogP contribution in [-0.4, -0.2) is 52.5 Å². The van der Waals surface area contributed by atoms with E-state index in [9.17, 15) is 32.7 Å². The first-order valence-corrected chi connectivity index (χ1v) is 10.5. The summed E-state index contributed by atoms with van der Waals surface area (Å²) >= 11 is 0. The van der Waals surface area contributed by atoms with Crippen molar-refractivity contribution in [2.45, 2.75) is 44.1 Å². The van der Waals surface area contributed by atoms with Crippen LogP contribution in [0.5, 0.6) is 0 Å². The first-order valence-electron chi connectivity index (χ1n) is 10.5. The van der Waals surface area contributed by atoms with Gasteiger partial charge in [0.25, 0.3) is 5.91 Å². The molecule has 3 unspecified atom stereocenters. The first-order chi connectivity index (χ1) is 15.5. The summed E-state index contributed by atoms with van der Waals surface area (Å²) in [5.41, 5.74) is 0.384. The minimum atomic E-state index is -4.49. The largest absolute Gasteiger partial charge is 0.416 e. The number of carbonyl (C=O) groups excluding carboxylic acids is 3. The lowest BCUT2D eigenvalue weighted by Gasteiger charge is -2.37. The second kappa shape index (κ2) is 8.51. The molecule has 0 aliphatic carbocycles. The summed E-state index contributed by atoms with van der Waals surface area (Å²) in [6.45, 7) is 1.54. The standard InChI is InChI=1S/C23H22F3N3O4/c1-12(30)20(31)27-16-7-8-29-19(11-16)21(32)28-18-6-5-14(10-17(18)22(29)33)13-3-2-4-15(9-13)23(24,25)26/h2-6,9-10,12,16,19,30H,7-8,11H2,1H3,(H,27,31)(H,28,32). The van der Waals surface area contributed by atoms with E-state index in [4.69, 9.17) is 0 Å². The van der Waals surface area contributed by atoms with Gasteiger partial charge in [0.05, 0.1) is 16.8 Å². The van der Waals surface area contributed by atoms with E-state index in [0.717, 1.165) is 12.1 Å². The Labute approximate surface area is 187 Å². The Morgan fingerprint density at radius 3 is 2.61 bits per heavy atom. The number of nitrogens with one attached hydrogen (secondary N) is 2. The number of aliphatic hydroxyl groups is 1. The van der Waals surface area contributed by atoms with Gasteiger partial charge in [0, 0.05) is 12.6 Å². The molecule has 3 N–H and O–H groups in total. The van der Waals surface area contributed by atoms with Crippen LogP contribution in [0, 0.1) is 0 Å². The first kappa shape index (κ1) is 22.8. The molecule has 7 nitrogen and oxygen atoms in total. The molecule has 0 aromatic heterocycles. The number of fused-ring (bicyclic) bond motifs is 2. The lowest BCUT2D eigenvalue weighted by atomic mass is 9.95. The van der Waals surface area contributed by atoms with Crippen LogP contribution in [0.3, 0.4) is 0 Å². The van der Waals surface area contributed by atoms with Crippen molar-refractivity contribution < 1.29 is 32.7 Å². The number of rotatable bonds is 3. The molecule has 0 spiro atoms. The van der Waals surface area contributed by atoms with Crippen LogP contribution < -0.4 is 10.6 Å². The van der Waals surface area contributed by atoms with Gasteiger partial charge in [-0.1, -0.05) is 18.2 Å². The summed E-state index contributed by atoms with van der Waals surface area (Å²) in [5.74, 6) is -1.38. The van der Waals surface area contributed by atoms with E-state index >= 15 is 0 Å². The van der Waals surface area contributed by atoms with Crippen molar-refractivity contribution in [3.05, 3.63) is 53.6 Å². The summed E-state index contributed by atoms with van der Waals surface area (Å²) in [7, 11) is 0. The average molecular weight is 461 g/mol. The number of anilines is 1. The van der Waals surface area contributed by atoms with Crippen molar-refractivity contribution in [3.8, 4) is 11.1 Å². The number of aliphatic hydroxyl groups excluding tert-OH is 1. The fraction of sp³-hybridized carbons (Fsp3) is 0.348. The van der Waals surface area contributed by atoms with Crippen LogP contribution >= 0.6 is 0 Å². The molecule has 0 bridgehead atoms. The van der Waals surface area contributed by atoms with E-state index in [1.54, 1.807) is 6.07 Å². The Kier molecular flexibility index (Phi) is 5.87. The SMILES string of the molecule is CC(O)C(=O)NC1CCN2C(=O)c3cc(-c4cccc(C(F)(F)F)c4)ccc3NC(=O)C2C1. The normalized spacial score (nSPS) is 21.4. The molecular formula is C23H22F3N3O4. The van der Waals surface area contributed by atoms with E-state index in [0.29, 0.717) is 17.5 Å². The second-order valence-electron chi connectivity index (χ2n) is 8.25. The topological polar surface area (TPSA) is 98.7 Å². The van der Waals surface area contributed by atoms with Crippen LogP contribution in [0.2, 0.25) is 0 Å². The molecule has 3 amide bonds. The summed E-state index contributed by atoms with van der Waals surface area (Å²) in [6.07, 6.45) is -5.10. The molecule has 10 heteroatoms. The Bertz CT molecular complexity index is 1120. The molecule has 2 aliphatic heterocycles. The number of hydrogen-bond acceptors (Lipinski definition) is 4. The molecule has 1 saturated heterocycles. The monoisotopic (exact) mass is 461 g/mol. The average Bonchev–Trinajstić information content (AvgIpc) is 2.87. The molecule has 3 atom stereocenters. The Morgan fingerprint density at radius 1 is 1.18 bits per heavy atom. The number of halogens is 3. The number of carbonyl (C=O) groups is 3. The van der Waals surface area contributed by atoms with E-state index in [2.05, 4.69) is 10.6 Å². The zero-order valence-corrected chi connectivity index (χ0v) is 17.6. The molecule has 1 fully saturated rings. The molecule has 2 heterocycles. The zero-order chi connectivity index (χ0) is 23.9. The number of nitrogens with zero attached hydrogens (tertiary/aromatic N) is 1. The lowest BCUT2D eigenvalue weighted by Crippen LogP contribution is -2.55. The van der Waals surface area contributed by atoms with Gasteiger partial charge in [-0.15, -0.1) is 0 Å². The molecule has 33 heavy (non-hydrogen) atoms. The molecule has 174 valence electrons. The number of alkyl halides is 3. The van der Waals surface area contributed by atoms with Gasteiger partial charge in [-0.05, 0) is 55.2 Å². The smallest absolute Gasteiger partial charge is 0.384 e. The summed E-state index contributed by atoms with van der Waals surface area (Å²) in [4.78, 5) is 39.4. The molecule has 4 rings (SSSR count). The molecule has 0 saturated carbocycles. The third-order valence-electron chi connectivity index (χ3n) is 5.92. The predicted octanol–water partition coefficient (Wildman–Crippen LogP) is 2.79. The number of amides is 3. The van der Waals surface area contributed by atoms with Gasteiger partial charge in [0.1, 0.15) is 12.1 Å². The van der Waals surface area contributed by atoms with Gasteiger partial charge in [-0.2, -0.15) is 13.2 Å². The highest BCUT2D eigenvalue weighted by molar-refractivity contribution is 6.10. The summed E-state index contributed by atoms with van der Waals surface area (Å²) in [5, 5.41) is 14.8. The van der Waals surface area contributed by atoms with Crippen molar-refractivity contribution in [2.75, 3.05) is 11.9 Å². The van der Waals surface area contributed by atoms with E-state index in [1.165, 1.54) is 36.1 Å². The van der Waals surface area contributed by atoms with Crippen LogP contribution in [-0.2, 0) is 15.8 Å². The highest BCUT2D eigenvalue weighted by Crippen LogP contribution is 2.35. The van der Waals surface area contributed by atoms with Crippen molar-refractivity contribution in [1.29, 1.82) is 0 Å². The van der Waals surface area contributed by atoms with Gasteiger partial charge >= 0.3 is 6.18 Å². The van der Waals surface area contributed by atoms with Crippen molar-refractivity contribution in [2.24, 2.45) is 0 Å². The number of piperidine rings is 1. The van der Waals surface area contributed by atoms with Crippen molar-refractivity contribution in [1.82, 2.24) is 10.2 Å². The van der Waals surface area contributed by atoms with E-state index < -0.39 is 41.6 Å². The fourth-order valence-corrected chi connectivity index (χ4v) is 4.17. The van der Waals surface area contributed by atoms with Gasteiger partial charge < -0.3 is 20.6 Å². The van der Waals surface area contributed by atoms with E-state index in [1.807, 2.05) is 0 Å². The molecule has 0 radical (unpaired) electrons. The summed E-state index contributed by atoms with van der Waals surface area (Å²) in [6, 6.07) is 8.15. The molecule has 2 aromatic carbocycles. The minimum absolute atomic E-state index is 0.185. The maximum absolute atomic E-state index is 13.3. The molecule has 2 aromatic rings. The van der Waals surface area contributed by atoms with E-state index in [-0.39, 0.29) is 30.3 Å². The van der Waals surface area contributed by atoms with Crippen LogP contribution in [0.15, 0.2) is 42.5 Å². The second-order valence-corrected chi connectivity index (χ2v) is 8.25. The third kappa shape index (κ3) is 4.56. The Morgan fingerprint density at radius 2 is 1.91 bits per heavy atom. The molecule has 2 aliphatic rings. The van der Waals surface area contributed by atoms with Crippen LogP contribution in [0.25, 0.3) is 11.1 Å². The Balaban J connectivity index is 1.62. The highest BCUT2D eigenvalue weighted by Gasteiger charge is 2.40. The number of hydrogen-bond donors (Lipinski definition) is 3. The highest BCUT2D eigenvalue weighted by atomic mass is 19.4. The van der Waals surface area contributed by atoms with Gasteiger partial charge in [-0.3, -0.25) is 14.4 Å². The minimum Gasteiger partial charge on any atom is -0.384 e. The van der Waals surface area contributed by atoms with Gasteiger partial charge in [-0.25, -0.2) is 0 Å². The number of benzene rings is 2. The Hall–Kier alpha value is -3.40. The van der Waals surface area contributed by atoms with Gasteiger partial charge in [0.2, 0.25) is 11.8 Å². The third-order valence-corrected chi connectivity index (χ3v) is 5.92. The predicted molar refractivity (Wildman–Crippen MR) is 113 cm³/mol. The fourth-order valence-electron chi connectivity index (χ4n) is 4.17. The van der Waals surface area contributed by atoms with Crippen molar-refractivity contribution >= 4 is 23.4 Å². The van der Waals surface area contributed by atoms with Crippen molar-refractivity contribution in [3.63, 3.8) is 0 Å². The maximum Gasteiger partial charge on any atom is 0.416 e. The zero-order valence-electron chi connectivity index (χ0n) is 17.6. The summed E-state index contributed by atoms with van der Waals surface area (Å²) < 4.78 is 39.3. The quantitative estimate of drug-likeness (QED) is 0.655. The van der Waals surface area contributed by atoms with Gasteiger partial charge in [0.15, 0.2) is 0 Å².